The summed E-state index contributed by atoms with van der Waals surface area (Å²) < 4.78 is 14.6. The molecule has 3 rings (SSSR count). The zero-order valence-electron chi connectivity index (χ0n) is 14.8. The number of aryl methyl sites for hydroxylation is 2. The number of piperidine rings is 1. The highest BCUT2D eigenvalue weighted by molar-refractivity contribution is 7.17. The first kappa shape index (κ1) is 19.6. The smallest absolute Gasteiger partial charge is 0.347 e. The van der Waals surface area contributed by atoms with E-state index in [0.29, 0.717) is 35.9 Å². The van der Waals surface area contributed by atoms with E-state index < -0.39 is 24.1 Å². The third kappa shape index (κ3) is 4.06. The molecule has 0 saturated carbocycles. The van der Waals surface area contributed by atoms with Crippen molar-refractivity contribution in [3.63, 3.8) is 0 Å². The molecule has 1 aliphatic rings. The van der Waals surface area contributed by atoms with Crippen molar-refractivity contribution in [2.75, 3.05) is 18.0 Å². The second-order valence-corrected chi connectivity index (χ2v) is 7.59. The van der Waals surface area contributed by atoms with Gasteiger partial charge in [-0.05, 0) is 19.8 Å². The molecule has 11 heteroatoms. The number of aromatic carboxylic acids is 1. The molecule has 1 fully saturated rings. The molecule has 2 aromatic heterocycles. The van der Waals surface area contributed by atoms with Gasteiger partial charge in [-0.25, -0.2) is 19.2 Å². The number of rotatable bonds is 5. The van der Waals surface area contributed by atoms with Crippen molar-refractivity contribution in [1.29, 1.82) is 0 Å². The molecule has 1 amide bonds. The molecule has 1 saturated heterocycles. The fourth-order valence-corrected chi connectivity index (χ4v) is 4.13. The molecule has 27 heavy (non-hydrogen) atoms. The van der Waals surface area contributed by atoms with Crippen LogP contribution < -0.4 is 10.2 Å². The zero-order chi connectivity index (χ0) is 19.7. The molecule has 2 aromatic rings. The molecule has 3 heterocycles. The summed E-state index contributed by atoms with van der Waals surface area (Å²) in [5, 5.41) is 12.5. The van der Waals surface area contributed by atoms with Gasteiger partial charge in [0.1, 0.15) is 11.0 Å². The summed E-state index contributed by atoms with van der Waals surface area (Å²) in [5.74, 6) is -1.48. The fourth-order valence-electron chi connectivity index (χ4n) is 2.92. The van der Waals surface area contributed by atoms with E-state index in [2.05, 4.69) is 20.3 Å². The Morgan fingerprint density at radius 1 is 1.48 bits per heavy atom. The number of amides is 1. The number of imidazole rings is 1. The first-order valence-corrected chi connectivity index (χ1v) is 9.64. The predicted octanol–water partition coefficient (Wildman–Crippen LogP) is 2.44. The van der Waals surface area contributed by atoms with Crippen LogP contribution in [0.15, 0.2) is 0 Å². The Morgan fingerprint density at radius 3 is 2.78 bits per heavy atom. The topological polar surface area (TPSA) is 111 Å². The van der Waals surface area contributed by atoms with E-state index in [1.165, 1.54) is 0 Å². The van der Waals surface area contributed by atoms with Gasteiger partial charge in [-0.1, -0.05) is 29.9 Å². The van der Waals surface area contributed by atoms with E-state index in [4.69, 9.17) is 16.7 Å². The lowest BCUT2D eigenvalue weighted by molar-refractivity contribution is 0.0700. The van der Waals surface area contributed by atoms with Gasteiger partial charge in [-0.3, -0.25) is 4.79 Å². The highest BCUT2D eigenvalue weighted by Crippen LogP contribution is 2.29. The minimum atomic E-state index is -1.32. The molecule has 2 atom stereocenters. The maximum Gasteiger partial charge on any atom is 0.347 e. The first-order chi connectivity index (χ1) is 12.8. The number of aromatic nitrogens is 3. The fraction of sp³-hybridized carbons (Fsp3) is 0.500. The van der Waals surface area contributed by atoms with Crippen LogP contribution in [0.1, 0.15) is 45.0 Å². The van der Waals surface area contributed by atoms with Crippen molar-refractivity contribution in [2.24, 2.45) is 0 Å². The zero-order valence-corrected chi connectivity index (χ0v) is 16.3. The van der Waals surface area contributed by atoms with Crippen LogP contribution in [0.3, 0.4) is 0 Å². The Kier molecular flexibility index (Phi) is 5.66. The monoisotopic (exact) mass is 415 g/mol. The number of anilines is 1. The van der Waals surface area contributed by atoms with E-state index in [1.54, 1.807) is 11.8 Å². The Balaban J connectivity index is 1.63. The summed E-state index contributed by atoms with van der Waals surface area (Å²) in [7, 11) is 0. The number of hydrogen-bond donors (Lipinski definition) is 3. The number of H-pyrrole nitrogens is 1. The standard InChI is InChI=1S/C16H19ClFN5O3S/c1-3-9-12(17)22-13(20-9)14(24)21-10-4-5-23(6-8(10)18)16-19-7(2)11(27-16)15(25)26/h8,10H,3-6H2,1-2H3,(H,20,22)(H,21,24)(H,25,26)/t8-,10-/m0/s1. The van der Waals surface area contributed by atoms with E-state index >= 15 is 0 Å². The van der Waals surface area contributed by atoms with Crippen molar-refractivity contribution in [3.8, 4) is 0 Å². The van der Waals surface area contributed by atoms with Crippen LogP contribution in [0.25, 0.3) is 0 Å². The van der Waals surface area contributed by atoms with Crippen molar-refractivity contribution in [1.82, 2.24) is 20.3 Å². The quantitative estimate of drug-likeness (QED) is 0.691. The van der Waals surface area contributed by atoms with Gasteiger partial charge in [0.15, 0.2) is 16.1 Å². The lowest BCUT2D eigenvalue weighted by Crippen LogP contribution is -2.52. The Bertz CT molecular complexity index is 870. The molecular formula is C16H19ClFN5O3S. The molecule has 0 bridgehead atoms. The van der Waals surface area contributed by atoms with Crippen LogP contribution in [0.5, 0.6) is 0 Å². The number of carboxylic acid groups (broad SMARTS) is 1. The van der Waals surface area contributed by atoms with E-state index in [1.807, 2.05) is 6.92 Å². The molecule has 0 radical (unpaired) electrons. The third-order valence-electron chi connectivity index (χ3n) is 4.40. The van der Waals surface area contributed by atoms with Gasteiger partial charge in [0.2, 0.25) is 0 Å². The summed E-state index contributed by atoms with van der Waals surface area (Å²) >= 11 is 6.96. The maximum atomic E-state index is 14.6. The number of carbonyl (C=O) groups is 2. The van der Waals surface area contributed by atoms with Gasteiger partial charge in [-0.2, -0.15) is 0 Å². The minimum Gasteiger partial charge on any atom is -0.477 e. The summed E-state index contributed by atoms with van der Waals surface area (Å²) in [4.78, 5) is 36.3. The van der Waals surface area contributed by atoms with Crippen LogP contribution in [0.4, 0.5) is 9.52 Å². The normalized spacial score (nSPS) is 19.9. The maximum absolute atomic E-state index is 14.6. The Morgan fingerprint density at radius 2 is 2.22 bits per heavy atom. The molecule has 1 aliphatic heterocycles. The SMILES string of the molecule is CCc1[nH]c(C(=O)N[C@H]2CCN(c3nc(C)c(C(=O)O)s3)C[C@@H]2F)nc1Cl. The van der Waals surface area contributed by atoms with Crippen molar-refractivity contribution >= 4 is 39.9 Å². The highest BCUT2D eigenvalue weighted by Gasteiger charge is 2.33. The number of hydrogen-bond acceptors (Lipinski definition) is 6. The molecule has 0 spiro atoms. The number of alkyl halides is 1. The predicted molar refractivity (Wildman–Crippen MR) is 99.8 cm³/mol. The number of nitrogens with one attached hydrogen (secondary N) is 2. The number of nitrogens with zero attached hydrogens (tertiary/aromatic N) is 3. The third-order valence-corrected chi connectivity index (χ3v) is 5.92. The number of halogens is 2. The molecule has 0 unspecified atom stereocenters. The van der Waals surface area contributed by atoms with E-state index in [0.717, 1.165) is 11.3 Å². The number of carboxylic acids is 1. The summed E-state index contributed by atoms with van der Waals surface area (Å²) in [6.45, 7) is 3.97. The molecule has 146 valence electrons. The average molecular weight is 416 g/mol. The number of thiazole rings is 1. The van der Waals surface area contributed by atoms with Crippen molar-refractivity contribution < 1.29 is 19.1 Å². The van der Waals surface area contributed by atoms with Crippen LogP contribution in [0.2, 0.25) is 5.15 Å². The summed E-state index contributed by atoms with van der Waals surface area (Å²) in [6.07, 6.45) is -0.353. The molecule has 0 aromatic carbocycles. The molecule has 0 aliphatic carbocycles. The van der Waals surface area contributed by atoms with Gasteiger partial charge in [0, 0.05) is 6.54 Å². The first-order valence-electron chi connectivity index (χ1n) is 8.45. The van der Waals surface area contributed by atoms with Crippen molar-refractivity contribution in [3.05, 3.63) is 27.2 Å². The molecule has 3 N–H and O–H groups in total. The van der Waals surface area contributed by atoms with Crippen LogP contribution in [-0.2, 0) is 6.42 Å². The summed E-state index contributed by atoms with van der Waals surface area (Å²) in [6, 6.07) is -0.664. The molecule has 8 nitrogen and oxygen atoms in total. The number of aromatic amines is 1. The summed E-state index contributed by atoms with van der Waals surface area (Å²) in [5.41, 5.74) is 1.07. The van der Waals surface area contributed by atoms with Crippen LogP contribution in [-0.4, -0.2) is 57.2 Å². The number of carbonyl (C=O) groups excluding carboxylic acids is 1. The average Bonchev–Trinajstić information content (AvgIpc) is 3.19. The van der Waals surface area contributed by atoms with Crippen LogP contribution >= 0.6 is 22.9 Å². The van der Waals surface area contributed by atoms with E-state index in [-0.39, 0.29) is 22.4 Å². The van der Waals surface area contributed by atoms with Crippen molar-refractivity contribution in [2.45, 2.75) is 38.9 Å². The van der Waals surface area contributed by atoms with Crippen LogP contribution in [0, 0.1) is 6.92 Å². The lowest BCUT2D eigenvalue weighted by Gasteiger charge is -2.34. The van der Waals surface area contributed by atoms with E-state index in [9.17, 15) is 14.0 Å². The van der Waals surface area contributed by atoms with Gasteiger partial charge in [-0.15, -0.1) is 0 Å². The Labute approximate surface area is 163 Å². The molecular weight excluding hydrogens is 397 g/mol. The Hall–Kier alpha value is -2.20. The lowest BCUT2D eigenvalue weighted by atomic mass is 10.0. The second-order valence-electron chi connectivity index (χ2n) is 6.26. The van der Waals surface area contributed by atoms with Gasteiger partial charge in [0.05, 0.1) is 24.0 Å². The second kappa shape index (κ2) is 7.81. The van der Waals surface area contributed by atoms with Gasteiger partial charge in [0.25, 0.3) is 5.91 Å². The largest absolute Gasteiger partial charge is 0.477 e. The highest BCUT2D eigenvalue weighted by atomic mass is 35.5. The minimum absolute atomic E-state index is 0.0239. The van der Waals surface area contributed by atoms with Gasteiger partial charge >= 0.3 is 5.97 Å². The van der Waals surface area contributed by atoms with Gasteiger partial charge < -0.3 is 20.3 Å².